The van der Waals surface area contributed by atoms with Gasteiger partial charge in [0.25, 0.3) is 0 Å². The number of nitrogens with one attached hydrogen (secondary N) is 1. The number of aromatic nitrogens is 1. The van der Waals surface area contributed by atoms with Gasteiger partial charge < -0.3 is 10.2 Å². The number of hydrogen-bond acceptors (Lipinski definition) is 3. The van der Waals surface area contributed by atoms with Crippen LogP contribution < -0.4 is 5.32 Å². The van der Waals surface area contributed by atoms with Crippen LogP contribution in [0.5, 0.6) is 0 Å². The van der Waals surface area contributed by atoms with E-state index < -0.39 is 0 Å². The average molecular weight is 217 g/mol. The Morgan fingerprint density at radius 3 is 2.62 bits per heavy atom. The summed E-state index contributed by atoms with van der Waals surface area (Å²) in [6, 6.07) is 4.89. The minimum atomic E-state index is 0.704. The van der Waals surface area contributed by atoms with Crippen LogP contribution in [0.1, 0.15) is 18.4 Å². The highest BCUT2D eigenvalue weighted by molar-refractivity contribution is 5.09. The highest BCUT2D eigenvalue weighted by atomic mass is 15.2. The molecule has 3 aliphatic heterocycles. The predicted octanol–water partition coefficient (Wildman–Crippen LogP) is 1.27. The van der Waals surface area contributed by atoms with Gasteiger partial charge in [0, 0.05) is 31.5 Å². The van der Waals surface area contributed by atoms with Gasteiger partial charge in [0.15, 0.2) is 0 Å². The minimum absolute atomic E-state index is 0.704. The third kappa shape index (κ3) is 2.11. The van der Waals surface area contributed by atoms with Crippen molar-refractivity contribution in [2.75, 3.05) is 19.6 Å². The first-order valence-electron chi connectivity index (χ1n) is 6.26. The highest BCUT2D eigenvalue weighted by Crippen LogP contribution is 2.27. The summed E-state index contributed by atoms with van der Waals surface area (Å²) in [4.78, 5) is 6.63. The Balaban J connectivity index is 1.56. The Bertz CT molecular complexity index is 330. The number of nitrogens with zero attached hydrogens (tertiary/aromatic N) is 2. The molecule has 2 bridgehead atoms. The fourth-order valence-corrected chi connectivity index (χ4v) is 2.95. The number of rotatable bonds is 3. The van der Waals surface area contributed by atoms with Gasteiger partial charge in [-0.05, 0) is 49.5 Å². The van der Waals surface area contributed by atoms with Crippen LogP contribution in [0.25, 0.3) is 0 Å². The van der Waals surface area contributed by atoms with Crippen molar-refractivity contribution in [2.24, 2.45) is 5.92 Å². The van der Waals surface area contributed by atoms with Gasteiger partial charge in [0.2, 0.25) is 0 Å². The van der Waals surface area contributed by atoms with E-state index in [1.807, 2.05) is 12.4 Å². The molecular weight excluding hydrogens is 198 g/mol. The minimum Gasteiger partial charge on any atom is -0.308 e. The van der Waals surface area contributed by atoms with Crippen LogP contribution in [-0.4, -0.2) is 35.6 Å². The quantitative estimate of drug-likeness (QED) is 0.826. The molecule has 0 spiro atoms. The molecule has 3 heteroatoms. The van der Waals surface area contributed by atoms with Crippen molar-refractivity contribution in [3.8, 4) is 0 Å². The lowest BCUT2D eigenvalue weighted by Gasteiger charge is -2.45. The van der Waals surface area contributed by atoms with Crippen molar-refractivity contribution in [3.05, 3.63) is 30.1 Å². The number of fused-ring (bicyclic) bond motifs is 3. The summed E-state index contributed by atoms with van der Waals surface area (Å²) in [7, 11) is 0. The largest absolute Gasteiger partial charge is 0.308 e. The van der Waals surface area contributed by atoms with E-state index in [1.165, 1.54) is 38.0 Å². The fourth-order valence-electron chi connectivity index (χ4n) is 2.95. The third-order valence-corrected chi connectivity index (χ3v) is 3.97. The fraction of sp³-hybridized carbons (Fsp3) is 0.615. The van der Waals surface area contributed by atoms with Crippen LogP contribution in [0.4, 0.5) is 0 Å². The van der Waals surface area contributed by atoms with Crippen LogP contribution in [0, 0.1) is 5.92 Å². The van der Waals surface area contributed by atoms with E-state index in [2.05, 4.69) is 27.3 Å². The molecule has 0 aromatic carbocycles. The van der Waals surface area contributed by atoms with Crippen molar-refractivity contribution < 1.29 is 0 Å². The molecule has 86 valence electrons. The predicted molar refractivity (Wildman–Crippen MR) is 64.0 cm³/mol. The summed E-state index contributed by atoms with van der Waals surface area (Å²) in [5, 5.41) is 3.70. The van der Waals surface area contributed by atoms with E-state index in [-0.39, 0.29) is 0 Å². The van der Waals surface area contributed by atoms with Crippen LogP contribution in [0.3, 0.4) is 0 Å². The van der Waals surface area contributed by atoms with E-state index in [9.17, 15) is 0 Å². The summed E-state index contributed by atoms with van der Waals surface area (Å²) in [6.07, 6.45) is 6.50. The maximum atomic E-state index is 4.04. The Morgan fingerprint density at radius 1 is 1.25 bits per heavy atom. The number of piperidine rings is 3. The molecule has 0 aliphatic carbocycles. The van der Waals surface area contributed by atoms with E-state index in [1.54, 1.807) is 0 Å². The average Bonchev–Trinajstić information content (AvgIpc) is 2.39. The summed E-state index contributed by atoms with van der Waals surface area (Å²) in [5.41, 5.74) is 1.34. The Labute approximate surface area is 96.9 Å². The maximum Gasteiger partial charge on any atom is 0.0271 e. The van der Waals surface area contributed by atoms with Gasteiger partial charge in [0.1, 0.15) is 0 Å². The van der Waals surface area contributed by atoms with Crippen molar-refractivity contribution in [2.45, 2.75) is 25.4 Å². The Kier molecular flexibility index (Phi) is 2.89. The second-order valence-electron chi connectivity index (χ2n) is 4.98. The molecule has 0 amide bonds. The summed E-state index contributed by atoms with van der Waals surface area (Å²) >= 11 is 0. The molecule has 1 aromatic heterocycles. The summed E-state index contributed by atoms with van der Waals surface area (Å²) in [6.45, 7) is 4.86. The van der Waals surface area contributed by atoms with E-state index >= 15 is 0 Å². The maximum absolute atomic E-state index is 4.04. The van der Waals surface area contributed by atoms with Gasteiger partial charge in [-0.2, -0.15) is 0 Å². The van der Waals surface area contributed by atoms with Crippen LogP contribution in [-0.2, 0) is 6.54 Å². The van der Waals surface area contributed by atoms with Crippen LogP contribution in [0.15, 0.2) is 24.5 Å². The monoisotopic (exact) mass is 217 g/mol. The number of pyridine rings is 1. The van der Waals surface area contributed by atoms with E-state index in [4.69, 9.17) is 0 Å². The smallest absolute Gasteiger partial charge is 0.0271 e. The molecule has 1 N–H and O–H groups in total. The molecule has 1 aromatic rings. The third-order valence-electron chi connectivity index (χ3n) is 3.97. The zero-order valence-corrected chi connectivity index (χ0v) is 9.60. The van der Waals surface area contributed by atoms with Gasteiger partial charge in [-0.15, -0.1) is 0 Å². The molecule has 16 heavy (non-hydrogen) atoms. The lowest BCUT2D eigenvalue weighted by Crippen LogP contribution is -2.55. The van der Waals surface area contributed by atoms with Crippen molar-refractivity contribution >= 4 is 0 Å². The molecular formula is C13H19N3. The SMILES string of the molecule is c1cc(CNC2CN3CCC2CC3)ccn1. The molecule has 0 saturated carbocycles. The highest BCUT2D eigenvalue weighted by Gasteiger charge is 2.33. The van der Waals surface area contributed by atoms with Gasteiger partial charge in [0.05, 0.1) is 0 Å². The second-order valence-corrected chi connectivity index (χ2v) is 4.98. The lowest BCUT2D eigenvalue weighted by atomic mass is 9.84. The molecule has 3 fully saturated rings. The van der Waals surface area contributed by atoms with Crippen molar-refractivity contribution in [1.82, 2.24) is 15.2 Å². The van der Waals surface area contributed by atoms with Crippen LogP contribution in [0.2, 0.25) is 0 Å². The summed E-state index contributed by atoms with van der Waals surface area (Å²) in [5.74, 6) is 0.909. The lowest BCUT2D eigenvalue weighted by molar-refractivity contribution is 0.0720. The van der Waals surface area contributed by atoms with E-state index in [0.29, 0.717) is 6.04 Å². The Hall–Kier alpha value is -0.930. The van der Waals surface area contributed by atoms with Gasteiger partial charge in [-0.3, -0.25) is 4.98 Å². The Morgan fingerprint density at radius 2 is 2.00 bits per heavy atom. The molecule has 3 aliphatic rings. The van der Waals surface area contributed by atoms with Crippen molar-refractivity contribution in [3.63, 3.8) is 0 Å². The second kappa shape index (κ2) is 4.52. The zero-order valence-electron chi connectivity index (χ0n) is 9.60. The van der Waals surface area contributed by atoms with Gasteiger partial charge in [-0.25, -0.2) is 0 Å². The van der Waals surface area contributed by atoms with Gasteiger partial charge in [-0.1, -0.05) is 0 Å². The summed E-state index contributed by atoms with van der Waals surface area (Å²) < 4.78 is 0. The molecule has 1 atom stereocenters. The first-order valence-corrected chi connectivity index (χ1v) is 6.26. The zero-order chi connectivity index (χ0) is 10.8. The molecule has 0 radical (unpaired) electrons. The number of hydrogen-bond donors (Lipinski definition) is 1. The topological polar surface area (TPSA) is 28.2 Å². The normalized spacial score (nSPS) is 32.9. The molecule has 4 rings (SSSR count). The van der Waals surface area contributed by atoms with Gasteiger partial charge >= 0.3 is 0 Å². The first kappa shape index (κ1) is 10.2. The molecule has 3 saturated heterocycles. The molecule has 3 nitrogen and oxygen atoms in total. The van der Waals surface area contributed by atoms with Crippen molar-refractivity contribution in [1.29, 1.82) is 0 Å². The van der Waals surface area contributed by atoms with E-state index in [0.717, 1.165) is 12.5 Å². The standard InChI is InChI=1S/C13H19N3/c1-5-14-6-2-11(1)9-15-13-10-16-7-3-12(13)4-8-16/h1-2,5-6,12-13,15H,3-4,7-10H2. The molecule has 1 unspecified atom stereocenters. The van der Waals surface area contributed by atoms with Crippen LogP contribution >= 0.6 is 0 Å². The first-order chi connectivity index (χ1) is 7.92. The molecule has 4 heterocycles.